The number of rotatable bonds is 3. The van der Waals surface area contributed by atoms with Gasteiger partial charge >= 0.3 is 0 Å². The predicted octanol–water partition coefficient (Wildman–Crippen LogP) is 2.71. The molecule has 0 heterocycles. The van der Waals surface area contributed by atoms with E-state index in [9.17, 15) is 4.79 Å². The zero-order valence-electron chi connectivity index (χ0n) is 10.3. The normalized spacial score (nSPS) is 18.2. The van der Waals surface area contributed by atoms with Crippen LogP contribution in [0.1, 0.15) is 31.7 Å². The third-order valence-corrected chi connectivity index (χ3v) is 3.85. The number of nitrogens with one attached hydrogen (secondary N) is 1. The first-order valence-corrected chi connectivity index (χ1v) is 6.66. The summed E-state index contributed by atoms with van der Waals surface area (Å²) in [5, 5.41) is 3.09. The van der Waals surface area contributed by atoms with Crippen molar-refractivity contribution in [2.45, 2.75) is 37.8 Å². The molecule has 0 aromatic heterocycles. The van der Waals surface area contributed by atoms with E-state index in [4.69, 9.17) is 5.73 Å². The van der Waals surface area contributed by atoms with Crippen molar-refractivity contribution in [2.24, 2.45) is 5.73 Å². The van der Waals surface area contributed by atoms with Gasteiger partial charge in [0.15, 0.2) is 0 Å². The molecule has 1 aliphatic carbocycles. The molecule has 1 aliphatic rings. The summed E-state index contributed by atoms with van der Waals surface area (Å²) in [5.41, 5.74) is 6.57. The number of nitrogens with two attached hydrogens (primary N) is 1. The maximum Gasteiger partial charge on any atom is 0.237 e. The molecule has 2 rings (SSSR count). The molecule has 3 N–H and O–H groups in total. The highest BCUT2D eigenvalue weighted by molar-refractivity contribution is 9.10. The Kier molecular flexibility index (Phi) is 5.20. The molecule has 5 heteroatoms. The Bertz CT molecular complexity index is 433. The number of benzene rings is 1. The first kappa shape index (κ1) is 15.5. The molecule has 1 amide bonds. The van der Waals surface area contributed by atoms with Crippen LogP contribution < -0.4 is 11.1 Å². The number of amides is 1. The summed E-state index contributed by atoms with van der Waals surface area (Å²) in [7, 11) is 0. The van der Waals surface area contributed by atoms with Gasteiger partial charge in [-0.2, -0.15) is 0 Å². The van der Waals surface area contributed by atoms with Gasteiger partial charge in [0.1, 0.15) is 0 Å². The van der Waals surface area contributed by atoms with Gasteiger partial charge in [-0.05, 0) is 43.9 Å². The highest BCUT2D eigenvalue weighted by Gasteiger charge is 2.40. The Balaban J connectivity index is 0.00000162. The van der Waals surface area contributed by atoms with Crippen LogP contribution in [-0.4, -0.2) is 11.9 Å². The van der Waals surface area contributed by atoms with Crippen molar-refractivity contribution in [1.29, 1.82) is 0 Å². The summed E-state index contributed by atoms with van der Waals surface area (Å²) >= 11 is 3.47. The number of hydrogen-bond donors (Lipinski definition) is 2. The summed E-state index contributed by atoms with van der Waals surface area (Å²) < 4.78 is 1.04. The zero-order chi connectivity index (χ0) is 12.5. The van der Waals surface area contributed by atoms with E-state index in [1.54, 1.807) is 6.92 Å². The second kappa shape index (κ2) is 6.04. The molecule has 18 heavy (non-hydrogen) atoms. The van der Waals surface area contributed by atoms with E-state index in [1.807, 2.05) is 12.1 Å². The highest BCUT2D eigenvalue weighted by atomic mass is 79.9. The molecule has 1 aromatic rings. The van der Waals surface area contributed by atoms with Gasteiger partial charge in [-0.1, -0.05) is 28.1 Å². The van der Waals surface area contributed by atoms with E-state index in [-0.39, 0.29) is 23.9 Å². The van der Waals surface area contributed by atoms with Gasteiger partial charge in [-0.15, -0.1) is 12.4 Å². The van der Waals surface area contributed by atoms with Crippen LogP contribution in [0.15, 0.2) is 28.7 Å². The minimum absolute atomic E-state index is 0. The van der Waals surface area contributed by atoms with Crippen molar-refractivity contribution >= 4 is 34.2 Å². The Hall–Kier alpha value is -0.580. The van der Waals surface area contributed by atoms with Gasteiger partial charge < -0.3 is 11.1 Å². The number of carbonyl (C=O) groups excluding carboxylic acids is 1. The zero-order valence-corrected chi connectivity index (χ0v) is 12.7. The van der Waals surface area contributed by atoms with E-state index < -0.39 is 6.04 Å². The molecule has 1 saturated carbocycles. The fourth-order valence-corrected chi connectivity index (χ4v) is 2.55. The summed E-state index contributed by atoms with van der Waals surface area (Å²) in [6.45, 7) is 1.71. The number of carbonyl (C=O) groups is 1. The fraction of sp³-hybridized carbons (Fsp3) is 0.462. The van der Waals surface area contributed by atoms with Gasteiger partial charge in [0, 0.05) is 4.47 Å². The summed E-state index contributed by atoms with van der Waals surface area (Å²) in [6, 6.07) is 7.66. The first-order valence-electron chi connectivity index (χ1n) is 5.87. The smallest absolute Gasteiger partial charge is 0.237 e. The molecule has 1 atom stereocenters. The second-order valence-corrected chi connectivity index (χ2v) is 5.64. The van der Waals surface area contributed by atoms with Crippen LogP contribution in [0.4, 0.5) is 0 Å². The summed E-state index contributed by atoms with van der Waals surface area (Å²) in [5.74, 6) is -0.0790. The summed E-state index contributed by atoms with van der Waals surface area (Å²) in [4.78, 5) is 11.8. The highest BCUT2D eigenvalue weighted by Crippen LogP contribution is 2.41. The number of hydrogen-bond acceptors (Lipinski definition) is 2. The lowest BCUT2D eigenvalue weighted by Crippen LogP contribution is -2.54. The largest absolute Gasteiger partial charge is 0.345 e. The Morgan fingerprint density at radius 3 is 2.61 bits per heavy atom. The van der Waals surface area contributed by atoms with Crippen LogP contribution in [0.5, 0.6) is 0 Å². The van der Waals surface area contributed by atoms with E-state index in [0.29, 0.717) is 0 Å². The monoisotopic (exact) mass is 332 g/mol. The van der Waals surface area contributed by atoms with Crippen molar-refractivity contribution in [3.63, 3.8) is 0 Å². The summed E-state index contributed by atoms with van der Waals surface area (Å²) in [6.07, 6.45) is 3.12. The van der Waals surface area contributed by atoms with Gasteiger partial charge in [-0.3, -0.25) is 4.79 Å². The maximum absolute atomic E-state index is 11.8. The maximum atomic E-state index is 11.8. The molecular formula is C13H18BrClN2O. The predicted molar refractivity (Wildman–Crippen MR) is 78.7 cm³/mol. The molecule has 0 radical (unpaired) electrons. The van der Waals surface area contributed by atoms with Gasteiger partial charge in [-0.25, -0.2) is 0 Å². The Morgan fingerprint density at radius 1 is 1.50 bits per heavy atom. The lowest BCUT2D eigenvalue weighted by molar-refractivity contribution is -0.125. The SMILES string of the molecule is C[C@H](N)C(=O)NC1(c2cccc(Br)c2)CCC1.Cl. The molecular weight excluding hydrogens is 316 g/mol. The molecule has 0 saturated heterocycles. The van der Waals surface area contributed by atoms with Crippen molar-refractivity contribution < 1.29 is 4.79 Å². The Labute approximate surface area is 122 Å². The van der Waals surface area contributed by atoms with Crippen LogP contribution in [-0.2, 0) is 10.3 Å². The van der Waals surface area contributed by atoms with E-state index >= 15 is 0 Å². The van der Waals surface area contributed by atoms with E-state index in [2.05, 4.69) is 33.4 Å². The standard InChI is InChI=1S/C13H17BrN2O.ClH/c1-9(15)12(17)16-13(6-3-7-13)10-4-2-5-11(14)8-10;/h2,4-5,8-9H,3,6-7,15H2,1H3,(H,16,17);1H/t9-;/m0./s1. The quantitative estimate of drug-likeness (QED) is 0.893. The molecule has 0 unspecified atom stereocenters. The first-order chi connectivity index (χ1) is 8.03. The van der Waals surface area contributed by atoms with E-state index in [0.717, 1.165) is 29.3 Å². The minimum Gasteiger partial charge on any atom is -0.345 e. The average Bonchev–Trinajstić information content (AvgIpc) is 2.22. The lowest BCUT2D eigenvalue weighted by atomic mass is 9.71. The molecule has 0 aliphatic heterocycles. The van der Waals surface area contributed by atoms with E-state index in [1.165, 1.54) is 0 Å². The third kappa shape index (κ3) is 3.05. The van der Waals surface area contributed by atoms with Gasteiger partial charge in [0.05, 0.1) is 11.6 Å². The minimum atomic E-state index is -0.459. The molecule has 0 spiro atoms. The second-order valence-electron chi connectivity index (χ2n) is 4.72. The fourth-order valence-electron chi connectivity index (χ4n) is 2.15. The molecule has 1 fully saturated rings. The molecule has 0 bridgehead atoms. The van der Waals surface area contributed by atoms with Crippen molar-refractivity contribution in [2.75, 3.05) is 0 Å². The van der Waals surface area contributed by atoms with Crippen LogP contribution >= 0.6 is 28.3 Å². The van der Waals surface area contributed by atoms with Gasteiger partial charge in [0.2, 0.25) is 5.91 Å². The van der Waals surface area contributed by atoms with Gasteiger partial charge in [0.25, 0.3) is 0 Å². The molecule has 1 aromatic carbocycles. The molecule has 3 nitrogen and oxygen atoms in total. The average molecular weight is 334 g/mol. The topological polar surface area (TPSA) is 55.1 Å². The Morgan fingerprint density at radius 2 is 2.17 bits per heavy atom. The van der Waals surface area contributed by atoms with Crippen molar-refractivity contribution in [3.8, 4) is 0 Å². The van der Waals surface area contributed by atoms with Crippen LogP contribution in [0.25, 0.3) is 0 Å². The molecule has 100 valence electrons. The van der Waals surface area contributed by atoms with Crippen LogP contribution in [0.3, 0.4) is 0 Å². The number of halogens is 2. The van der Waals surface area contributed by atoms with Crippen LogP contribution in [0.2, 0.25) is 0 Å². The van der Waals surface area contributed by atoms with Crippen LogP contribution in [0, 0.1) is 0 Å². The van der Waals surface area contributed by atoms with Crippen molar-refractivity contribution in [1.82, 2.24) is 5.32 Å². The third-order valence-electron chi connectivity index (χ3n) is 3.36. The lowest BCUT2D eigenvalue weighted by Gasteiger charge is -2.43. The van der Waals surface area contributed by atoms with Crippen molar-refractivity contribution in [3.05, 3.63) is 34.3 Å².